The number of halogens is 5. The summed E-state index contributed by atoms with van der Waals surface area (Å²) in [5.74, 6) is -3.22. The summed E-state index contributed by atoms with van der Waals surface area (Å²) >= 11 is 0. The van der Waals surface area contributed by atoms with Gasteiger partial charge >= 0.3 is 6.18 Å². The molecule has 138 valence electrons. The molecule has 0 fully saturated rings. The molecule has 0 spiro atoms. The van der Waals surface area contributed by atoms with Crippen LogP contribution in [-0.4, -0.2) is 28.5 Å². The fourth-order valence-corrected chi connectivity index (χ4v) is 3.12. The number of aliphatic imine (C=N–C) groups is 1. The van der Waals surface area contributed by atoms with Gasteiger partial charge in [-0.3, -0.25) is 5.10 Å². The lowest BCUT2D eigenvalue weighted by molar-refractivity contribution is -0.0936. The number of benzene rings is 1. The number of allylic oxidation sites excluding steroid dienone is 2. The average Bonchev–Trinajstić information content (AvgIpc) is 2.99. The molecule has 1 aromatic carbocycles. The van der Waals surface area contributed by atoms with Gasteiger partial charge in [0.05, 0.1) is 23.2 Å². The van der Waals surface area contributed by atoms with Gasteiger partial charge in [-0.25, -0.2) is 13.8 Å². The number of aromatic amines is 1. The average molecular weight is 379 g/mol. The lowest BCUT2D eigenvalue weighted by Gasteiger charge is -2.29. The maximum absolute atomic E-state index is 13.3. The van der Waals surface area contributed by atoms with E-state index in [4.69, 9.17) is 0 Å². The van der Waals surface area contributed by atoms with Gasteiger partial charge < -0.3 is 0 Å². The molecule has 0 bridgehead atoms. The zero-order valence-corrected chi connectivity index (χ0v) is 13.6. The number of aromatic nitrogens is 2. The van der Waals surface area contributed by atoms with Gasteiger partial charge in [-0.05, 0) is 24.6 Å². The van der Waals surface area contributed by atoms with Crippen LogP contribution in [0.2, 0.25) is 0 Å². The standard InChI is InChI=1S/C17H10F5N5/c1-7-9-4-8(2-3-12(9)27-26-7)13-10(5-23)14(16(18)19)25-15(11(13)6-24)17(20,21)22/h2-4,10,13,16H,1H3,(H,26,27). The van der Waals surface area contributed by atoms with Gasteiger partial charge in [0.25, 0.3) is 6.43 Å². The summed E-state index contributed by atoms with van der Waals surface area (Å²) < 4.78 is 66.7. The Kier molecular flexibility index (Phi) is 4.44. The lowest BCUT2D eigenvalue weighted by atomic mass is 9.76. The fraction of sp³-hybridized carbons (Fsp3) is 0.294. The van der Waals surface area contributed by atoms with Gasteiger partial charge in [-0.15, -0.1) is 0 Å². The molecule has 0 amide bonds. The summed E-state index contributed by atoms with van der Waals surface area (Å²) in [6, 6.07) is 7.32. The Bertz CT molecular complexity index is 1050. The number of nitrogens with zero attached hydrogens (tertiary/aromatic N) is 4. The molecule has 1 N–H and O–H groups in total. The van der Waals surface area contributed by atoms with Crippen LogP contribution in [0, 0.1) is 35.5 Å². The van der Waals surface area contributed by atoms with E-state index in [1.54, 1.807) is 13.0 Å². The predicted octanol–water partition coefficient (Wildman–Crippen LogP) is 4.15. The number of alkyl halides is 5. The molecule has 3 rings (SSSR count). The van der Waals surface area contributed by atoms with Crippen molar-refractivity contribution in [2.45, 2.75) is 25.4 Å². The van der Waals surface area contributed by atoms with Crippen molar-refractivity contribution in [2.24, 2.45) is 10.9 Å². The minimum absolute atomic E-state index is 0.130. The SMILES string of the molecule is Cc1[nH]nc2ccc(C3C(C#N)=C(C(F)(F)F)N=C(C(F)F)C3C#N)cc12. The quantitative estimate of drug-likeness (QED) is 0.795. The maximum atomic E-state index is 13.3. The summed E-state index contributed by atoms with van der Waals surface area (Å²) in [6.07, 6.45) is -8.48. The molecule has 10 heteroatoms. The van der Waals surface area contributed by atoms with Crippen LogP contribution in [0.5, 0.6) is 0 Å². The summed E-state index contributed by atoms with van der Waals surface area (Å²) in [4.78, 5) is 2.96. The molecule has 0 aliphatic carbocycles. The van der Waals surface area contributed by atoms with E-state index in [0.717, 1.165) is 0 Å². The van der Waals surface area contributed by atoms with Gasteiger partial charge in [0, 0.05) is 17.0 Å². The Balaban J connectivity index is 2.30. The number of aryl methyl sites for hydroxylation is 1. The number of hydrogen-bond acceptors (Lipinski definition) is 4. The Labute approximate surface area is 149 Å². The summed E-state index contributed by atoms with van der Waals surface area (Å²) in [7, 11) is 0. The van der Waals surface area contributed by atoms with Crippen LogP contribution >= 0.6 is 0 Å². The van der Waals surface area contributed by atoms with Crippen LogP contribution in [0.25, 0.3) is 10.9 Å². The third-order valence-electron chi connectivity index (χ3n) is 4.34. The molecule has 0 saturated carbocycles. The molecule has 1 aliphatic heterocycles. The molecule has 0 radical (unpaired) electrons. The van der Waals surface area contributed by atoms with E-state index >= 15 is 0 Å². The van der Waals surface area contributed by atoms with E-state index in [1.165, 1.54) is 24.3 Å². The highest BCUT2D eigenvalue weighted by atomic mass is 19.4. The molecule has 2 aromatic rings. The van der Waals surface area contributed by atoms with Crippen LogP contribution in [0.3, 0.4) is 0 Å². The van der Waals surface area contributed by atoms with Crippen LogP contribution in [-0.2, 0) is 0 Å². The van der Waals surface area contributed by atoms with E-state index in [1.807, 2.05) is 0 Å². The Hall–Kier alpha value is -3.27. The van der Waals surface area contributed by atoms with Crippen molar-refractivity contribution in [3.8, 4) is 12.1 Å². The summed E-state index contributed by atoms with van der Waals surface area (Å²) in [5, 5.41) is 25.9. The summed E-state index contributed by atoms with van der Waals surface area (Å²) in [5.41, 5.74) is -2.50. The van der Waals surface area contributed by atoms with Crippen LogP contribution in [0.15, 0.2) is 34.5 Å². The molecule has 5 nitrogen and oxygen atoms in total. The molecule has 1 aromatic heterocycles. The predicted molar refractivity (Wildman–Crippen MR) is 84.8 cm³/mol. The lowest BCUT2D eigenvalue weighted by Crippen LogP contribution is -2.34. The zero-order chi connectivity index (χ0) is 19.9. The molecule has 0 saturated heterocycles. The number of nitriles is 2. The second-order valence-corrected chi connectivity index (χ2v) is 5.92. The number of rotatable bonds is 2. The first-order valence-corrected chi connectivity index (χ1v) is 7.61. The molecule has 1 aliphatic rings. The molecular formula is C17H10F5N5. The van der Waals surface area contributed by atoms with E-state index in [0.29, 0.717) is 16.6 Å². The highest BCUT2D eigenvalue weighted by Gasteiger charge is 2.47. The minimum atomic E-state index is -5.11. The molecule has 2 unspecified atom stereocenters. The topological polar surface area (TPSA) is 88.6 Å². The third kappa shape index (κ3) is 3.04. The minimum Gasteiger partial charge on any atom is -0.282 e. The second-order valence-electron chi connectivity index (χ2n) is 5.92. The van der Waals surface area contributed by atoms with Crippen LogP contribution in [0.1, 0.15) is 17.2 Å². The van der Waals surface area contributed by atoms with Crippen molar-refractivity contribution in [1.29, 1.82) is 10.5 Å². The van der Waals surface area contributed by atoms with Gasteiger partial charge in [0.15, 0.2) is 5.70 Å². The normalized spacial score (nSPS) is 20.6. The van der Waals surface area contributed by atoms with E-state index in [2.05, 4.69) is 15.2 Å². The van der Waals surface area contributed by atoms with E-state index in [-0.39, 0.29) is 5.56 Å². The molecule has 27 heavy (non-hydrogen) atoms. The number of nitrogens with one attached hydrogen (secondary N) is 1. The molecule has 2 atom stereocenters. The molecular weight excluding hydrogens is 369 g/mol. The van der Waals surface area contributed by atoms with E-state index in [9.17, 15) is 32.5 Å². The maximum Gasteiger partial charge on any atom is 0.434 e. The Morgan fingerprint density at radius 3 is 2.48 bits per heavy atom. The smallest absolute Gasteiger partial charge is 0.282 e. The van der Waals surface area contributed by atoms with Crippen LogP contribution in [0.4, 0.5) is 22.0 Å². The van der Waals surface area contributed by atoms with Crippen molar-refractivity contribution < 1.29 is 22.0 Å². The van der Waals surface area contributed by atoms with Gasteiger partial charge in [0.2, 0.25) is 0 Å². The first kappa shape index (κ1) is 18.5. The second kappa shape index (κ2) is 6.47. The van der Waals surface area contributed by atoms with E-state index < -0.39 is 41.4 Å². The summed E-state index contributed by atoms with van der Waals surface area (Å²) in [6.45, 7) is 1.68. The number of hydrogen-bond donors (Lipinski definition) is 1. The van der Waals surface area contributed by atoms with Gasteiger partial charge in [0.1, 0.15) is 11.6 Å². The Morgan fingerprint density at radius 2 is 1.93 bits per heavy atom. The van der Waals surface area contributed by atoms with Crippen molar-refractivity contribution in [2.75, 3.05) is 0 Å². The highest BCUT2D eigenvalue weighted by Crippen LogP contribution is 2.44. The van der Waals surface area contributed by atoms with Crippen LogP contribution < -0.4 is 0 Å². The van der Waals surface area contributed by atoms with Gasteiger partial charge in [-0.1, -0.05) is 6.07 Å². The number of fused-ring (bicyclic) bond motifs is 1. The van der Waals surface area contributed by atoms with Crippen molar-refractivity contribution in [3.05, 3.63) is 40.7 Å². The number of H-pyrrole nitrogens is 1. The molecule has 2 heterocycles. The largest absolute Gasteiger partial charge is 0.434 e. The first-order valence-electron chi connectivity index (χ1n) is 7.61. The van der Waals surface area contributed by atoms with Crippen molar-refractivity contribution in [1.82, 2.24) is 10.2 Å². The first-order chi connectivity index (χ1) is 12.7. The van der Waals surface area contributed by atoms with Gasteiger partial charge in [-0.2, -0.15) is 28.8 Å². The third-order valence-corrected chi connectivity index (χ3v) is 4.34. The monoisotopic (exact) mass is 379 g/mol. The van der Waals surface area contributed by atoms with Crippen molar-refractivity contribution >= 4 is 16.6 Å². The Morgan fingerprint density at radius 1 is 1.22 bits per heavy atom. The highest BCUT2D eigenvalue weighted by molar-refractivity contribution is 5.95. The van der Waals surface area contributed by atoms with Crippen molar-refractivity contribution in [3.63, 3.8) is 0 Å². The zero-order valence-electron chi connectivity index (χ0n) is 13.6. The fourth-order valence-electron chi connectivity index (χ4n) is 3.12.